The third-order valence-electron chi connectivity index (χ3n) is 3.87. The molecule has 29 heavy (non-hydrogen) atoms. The van der Waals surface area contributed by atoms with Crippen molar-refractivity contribution in [1.82, 2.24) is 15.2 Å². The quantitative estimate of drug-likeness (QED) is 0.704. The molecular weight excluding hydrogens is 411 g/mol. The molecule has 1 aromatic heterocycles. The number of benzene rings is 1. The standard InChI is InChI=1S/C19H22F3N3O3.ClH/c1-23-15(13-7-9-14(10-8-13)28-18(26)25(2)3)11-12-27-17-6-4-5-16(24-17)19(20,21)22;/h4-10,15,23H,11-12H2,1-3H3;1H. The van der Waals surface area contributed by atoms with Crippen LogP contribution in [0.15, 0.2) is 42.5 Å². The number of ether oxygens (including phenoxy) is 2. The zero-order chi connectivity index (χ0) is 20.7. The summed E-state index contributed by atoms with van der Waals surface area (Å²) in [5, 5.41) is 3.12. The van der Waals surface area contributed by atoms with Gasteiger partial charge in [-0.15, -0.1) is 12.4 Å². The monoisotopic (exact) mass is 433 g/mol. The summed E-state index contributed by atoms with van der Waals surface area (Å²) in [6.45, 7) is 0.178. The summed E-state index contributed by atoms with van der Waals surface area (Å²) in [6.07, 6.45) is -4.48. The van der Waals surface area contributed by atoms with E-state index in [4.69, 9.17) is 9.47 Å². The molecule has 1 aromatic carbocycles. The minimum absolute atomic E-state index is 0. The predicted octanol–water partition coefficient (Wildman–Crippen LogP) is 4.31. The van der Waals surface area contributed by atoms with E-state index >= 15 is 0 Å². The van der Waals surface area contributed by atoms with Crippen molar-refractivity contribution in [3.05, 3.63) is 53.7 Å². The number of pyridine rings is 1. The highest BCUT2D eigenvalue weighted by atomic mass is 35.5. The third-order valence-corrected chi connectivity index (χ3v) is 3.87. The van der Waals surface area contributed by atoms with E-state index in [0.29, 0.717) is 12.2 Å². The Bertz CT molecular complexity index is 786. The van der Waals surface area contributed by atoms with E-state index < -0.39 is 18.0 Å². The molecule has 1 heterocycles. The van der Waals surface area contributed by atoms with Gasteiger partial charge in [-0.2, -0.15) is 13.2 Å². The molecule has 0 aliphatic heterocycles. The minimum Gasteiger partial charge on any atom is -0.478 e. The van der Waals surface area contributed by atoms with Gasteiger partial charge < -0.3 is 19.7 Å². The Morgan fingerprint density at radius 3 is 2.38 bits per heavy atom. The van der Waals surface area contributed by atoms with Crippen LogP contribution in [-0.4, -0.2) is 43.7 Å². The lowest BCUT2D eigenvalue weighted by Gasteiger charge is -2.18. The molecule has 0 aliphatic rings. The van der Waals surface area contributed by atoms with Gasteiger partial charge in [-0.1, -0.05) is 18.2 Å². The average Bonchev–Trinajstić information content (AvgIpc) is 2.65. The summed E-state index contributed by atoms with van der Waals surface area (Å²) in [6, 6.07) is 10.4. The number of hydrogen-bond donors (Lipinski definition) is 1. The highest BCUT2D eigenvalue weighted by molar-refractivity contribution is 5.85. The Morgan fingerprint density at radius 2 is 1.83 bits per heavy atom. The van der Waals surface area contributed by atoms with Gasteiger partial charge in [0.05, 0.1) is 6.61 Å². The van der Waals surface area contributed by atoms with E-state index in [1.54, 1.807) is 33.3 Å². The first-order chi connectivity index (χ1) is 13.2. The summed E-state index contributed by atoms with van der Waals surface area (Å²) >= 11 is 0. The van der Waals surface area contributed by atoms with Crippen LogP contribution in [0.2, 0.25) is 0 Å². The summed E-state index contributed by atoms with van der Waals surface area (Å²) in [5.41, 5.74) is -0.0641. The van der Waals surface area contributed by atoms with Crippen molar-refractivity contribution in [2.75, 3.05) is 27.7 Å². The smallest absolute Gasteiger partial charge is 0.433 e. The van der Waals surface area contributed by atoms with Crippen LogP contribution in [0, 0.1) is 0 Å². The maximum atomic E-state index is 12.7. The molecule has 2 rings (SSSR count). The molecule has 2 aromatic rings. The fourth-order valence-corrected chi connectivity index (χ4v) is 2.37. The van der Waals surface area contributed by atoms with Gasteiger partial charge in [0.15, 0.2) is 0 Å². The number of carbonyl (C=O) groups excluding carboxylic acids is 1. The highest BCUT2D eigenvalue weighted by Gasteiger charge is 2.32. The first-order valence-electron chi connectivity index (χ1n) is 8.54. The predicted molar refractivity (Wildman–Crippen MR) is 105 cm³/mol. The molecule has 0 bridgehead atoms. The number of aromatic nitrogens is 1. The van der Waals surface area contributed by atoms with Gasteiger partial charge >= 0.3 is 12.3 Å². The second kappa shape index (κ2) is 10.9. The highest BCUT2D eigenvalue weighted by Crippen LogP contribution is 2.28. The Kier molecular flexibility index (Phi) is 9.19. The Labute approximate surface area is 173 Å². The maximum absolute atomic E-state index is 12.7. The van der Waals surface area contributed by atoms with Crippen LogP contribution >= 0.6 is 12.4 Å². The second-order valence-electron chi connectivity index (χ2n) is 6.17. The summed E-state index contributed by atoms with van der Waals surface area (Å²) in [4.78, 5) is 16.3. The van der Waals surface area contributed by atoms with E-state index in [1.165, 1.54) is 17.0 Å². The van der Waals surface area contributed by atoms with E-state index in [1.807, 2.05) is 12.1 Å². The van der Waals surface area contributed by atoms with Gasteiger partial charge in [0.2, 0.25) is 5.88 Å². The number of nitrogens with zero attached hydrogens (tertiary/aromatic N) is 2. The van der Waals surface area contributed by atoms with Crippen LogP contribution < -0.4 is 14.8 Å². The molecule has 160 valence electrons. The molecule has 1 unspecified atom stereocenters. The van der Waals surface area contributed by atoms with Crippen molar-refractivity contribution in [2.24, 2.45) is 0 Å². The van der Waals surface area contributed by atoms with Gasteiger partial charge in [-0.25, -0.2) is 9.78 Å². The third kappa shape index (κ3) is 7.43. The van der Waals surface area contributed by atoms with Crippen molar-refractivity contribution < 1.29 is 27.4 Å². The summed E-state index contributed by atoms with van der Waals surface area (Å²) in [5.74, 6) is 0.345. The molecule has 0 aliphatic carbocycles. The van der Waals surface area contributed by atoms with Crippen LogP contribution in [0.1, 0.15) is 23.7 Å². The molecule has 1 N–H and O–H groups in total. The van der Waals surface area contributed by atoms with E-state index in [-0.39, 0.29) is 30.9 Å². The lowest BCUT2D eigenvalue weighted by Crippen LogP contribution is -2.25. The number of carbonyl (C=O) groups is 1. The fourth-order valence-electron chi connectivity index (χ4n) is 2.37. The van der Waals surface area contributed by atoms with Gasteiger partial charge in [-0.05, 0) is 30.8 Å². The largest absolute Gasteiger partial charge is 0.478 e. The minimum atomic E-state index is -4.51. The normalized spacial score (nSPS) is 11.9. The van der Waals surface area contributed by atoms with E-state index in [2.05, 4.69) is 10.3 Å². The van der Waals surface area contributed by atoms with Crippen molar-refractivity contribution in [1.29, 1.82) is 0 Å². The molecule has 0 fully saturated rings. The SMILES string of the molecule is CNC(CCOc1cccc(C(F)(F)F)n1)c1ccc(OC(=O)N(C)C)cc1.Cl. The zero-order valence-electron chi connectivity index (χ0n) is 16.2. The van der Waals surface area contributed by atoms with Crippen molar-refractivity contribution in [3.8, 4) is 11.6 Å². The Hall–Kier alpha value is -2.52. The van der Waals surface area contributed by atoms with Gasteiger partial charge in [0, 0.05) is 32.6 Å². The van der Waals surface area contributed by atoms with E-state index in [0.717, 1.165) is 11.6 Å². The Morgan fingerprint density at radius 1 is 1.17 bits per heavy atom. The van der Waals surface area contributed by atoms with Crippen molar-refractivity contribution >= 4 is 18.5 Å². The first kappa shape index (κ1) is 24.5. The van der Waals surface area contributed by atoms with Crippen molar-refractivity contribution in [2.45, 2.75) is 18.6 Å². The molecule has 0 saturated heterocycles. The first-order valence-corrected chi connectivity index (χ1v) is 8.54. The number of halogens is 4. The second-order valence-corrected chi connectivity index (χ2v) is 6.17. The summed E-state index contributed by atoms with van der Waals surface area (Å²) < 4.78 is 48.6. The molecule has 0 radical (unpaired) electrons. The van der Waals surface area contributed by atoms with E-state index in [9.17, 15) is 18.0 Å². The Balaban J connectivity index is 0.00000420. The van der Waals surface area contributed by atoms with Crippen LogP contribution in [-0.2, 0) is 6.18 Å². The topological polar surface area (TPSA) is 63.7 Å². The van der Waals surface area contributed by atoms with Crippen molar-refractivity contribution in [3.63, 3.8) is 0 Å². The lowest BCUT2D eigenvalue weighted by molar-refractivity contribution is -0.141. The molecule has 0 saturated carbocycles. The van der Waals surface area contributed by atoms with Crippen LogP contribution in [0.5, 0.6) is 11.6 Å². The molecule has 10 heteroatoms. The molecule has 1 amide bonds. The number of amides is 1. The molecular formula is C19H23ClF3N3O3. The zero-order valence-corrected chi connectivity index (χ0v) is 17.0. The van der Waals surface area contributed by atoms with Gasteiger partial charge in [-0.3, -0.25) is 0 Å². The number of alkyl halides is 3. The lowest BCUT2D eigenvalue weighted by atomic mass is 10.0. The molecule has 1 atom stereocenters. The number of hydrogen-bond acceptors (Lipinski definition) is 5. The van der Waals surface area contributed by atoms with Crippen LogP contribution in [0.4, 0.5) is 18.0 Å². The van der Waals surface area contributed by atoms with Gasteiger partial charge in [0.1, 0.15) is 11.4 Å². The van der Waals surface area contributed by atoms with Crippen LogP contribution in [0.25, 0.3) is 0 Å². The van der Waals surface area contributed by atoms with Crippen LogP contribution in [0.3, 0.4) is 0 Å². The molecule has 6 nitrogen and oxygen atoms in total. The van der Waals surface area contributed by atoms with Gasteiger partial charge in [0.25, 0.3) is 0 Å². The summed E-state index contributed by atoms with van der Waals surface area (Å²) in [7, 11) is 4.95. The number of rotatable bonds is 7. The average molecular weight is 434 g/mol. The molecule has 0 spiro atoms. The number of nitrogens with one attached hydrogen (secondary N) is 1. The maximum Gasteiger partial charge on any atom is 0.433 e. The fraction of sp³-hybridized carbons (Fsp3) is 0.368.